The molecule has 0 aromatic carbocycles. The summed E-state index contributed by atoms with van der Waals surface area (Å²) >= 11 is 1.48. The van der Waals surface area contributed by atoms with Gasteiger partial charge < -0.3 is 10.0 Å². The van der Waals surface area contributed by atoms with E-state index in [1.165, 1.54) is 22.7 Å². The van der Waals surface area contributed by atoms with Crippen LogP contribution >= 0.6 is 11.8 Å². The van der Waals surface area contributed by atoms with Crippen molar-refractivity contribution in [1.82, 2.24) is 4.90 Å². The molecule has 1 aliphatic heterocycles. The van der Waals surface area contributed by atoms with Gasteiger partial charge in [0.15, 0.2) is 0 Å². The molecule has 1 aliphatic rings. The summed E-state index contributed by atoms with van der Waals surface area (Å²) < 4.78 is 0. The SMILES string of the molecule is CC=CC=CC(=O)N1C(C)SCC1C(=O)O. The molecule has 0 saturated carbocycles. The van der Waals surface area contributed by atoms with Crippen molar-refractivity contribution >= 4 is 23.6 Å². The van der Waals surface area contributed by atoms with Gasteiger partial charge >= 0.3 is 5.97 Å². The number of hydrogen-bond acceptors (Lipinski definition) is 3. The first kappa shape index (κ1) is 12.8. The molecule has 2 unspecified atom stereocenters. The quantitative estimate of drug-likeness (QED) is 0.601. The number of carboxylic acids is 1. The van der Waals surface area contributed by atoms with Gasteiger partial charge in [0.05, 0.1) is 5.37 Å². The first-order valence-corrected chi connectivity index (χ1v) is 6.09. The van der Waals surface area contributed by atoms with E-state index in [9.17, 15) is 9.59 Å². The normalized spacial score (nSPS) is 25.8. The molecule has 1 saturated heterocycles. The van der Waals surface area contributed by atoms with Crippen LogP contribution in [0.4, 0.5) is 0 Å². The minimum Gasteiger partial charge on any atom is -0.480 e. The monoisotopic (exact) mass is 241 g/mol. The first-order chi connectivity index (χ1) is 7.57. The second-order valence-corrected chi connectivity index (χ2v) is 4.77. The van der Waals surface area contributed by atoms with E-state index in [1.54, 1.807) is 18.2 Å². The standard InChI is InChI=1S/C11H15NO3S/c1-3-4-5-6-10(13)12-8(2)16-7-9(12)11(14)15/h3-6,8-9H,7H2,1-2H3,(H,14,15). The highest BCUT2D eigenvalue weighted by atomic mass is 32.2. The van der Waals surface area contributed by atoms with Crippen LogP contribution in [0.1, 0.15) is 13.8 Å². The molecule has 1 heterocycles. The second-order valence-electron chi connectivity index (χ2n) is 3.42. The average molecular weight is 241 g/mol. The lowest BCUT2D eigenvalue weighted by molar-refractivity contribution is -0.147. The van der Waals surface area contributed by atoms with Gasteiger partial charge in [-0.15, -0.1) is 11.8 Å². The molecule has 2 atom stereocenters. The Morgan fingerprint density at radius 2 is 2.12 bits per heavy atom. The minimum absolute atomic E-state index is 0.0798. The number of amides is 1. The van der Waals surface area contributed by atoms with Gasteiger partial charge in [-0.3, -0.25) is 4.79 Å². The van der Waals surface area contributed by atoms with Crippen LogP contribution in [0.5, 0.6) is 0 Å². The molecule has 5 heteroatoms. The summed E-state index contributed by atoms with van der Waals surface area (Å²) in [5.74, 6) is -0.729. The van der Waals surface area contributed by atoms with Crippen LogP contribution in [0.3, 0.4) is 0 Å². The van der Waals surface area contributed by atoms with Crippen LogP contribution in [0.25, 0.3) is 0 Å². The highest BCUT2D eigenvalue weighted by Crippen LogP contribution is 2.28. The lowest BCUT2D eigenvalue weighted by Gasteiger charge is -2.23. The van der Waals surface area contributed by atoms with Gasteiger partial charge in [-0.2, -0.15) is 0 Å². The Labute approximate surface area is 99.0 Å². The molecule has 16 heavy (non-hydrogen) atoms. The largest absolute Gasteiger partial charge is 0.480 e. The Balaban J connectivity index is 2.75. The summed E-state index contributed by atoms with van der Waals surface area (Å²) in [5.41, 5.74) is 0. The molecular weight excluding hydrogens is 226 g/mol. The summed E-state index contributed by atoms with van der Waals surface area (Å²) in [6.45, 7) is 3.69. The molecule has 0 aromatic heterocycles. The van der Waals surface area contributed by atoms with Crippen LogP contribution < -0.4 is 0 Å². The van der Waals surface area contributed by atoms with Gasteiger partial charge in [0.25, 0.3) is 0 Å². The fourth-order valence-electron chi connectivity index (χ4n) is 1.50. The van der Waals surface area contributed by atoms with E-state index in [2.05, 4.69) is 0 Å². The van der Waals surface area contributed by atoms with Crippen molar-refractivity contribution in [2.45, 2.75) is 25.3 Å². The highest BCUT2D eigenvalue weighted by Gasteiger charge is 2.38. The fourth-order valence-corrected chi connectivity index (χ4v) is 2.68. The number of carbonyl (C=O) groups excluding carboxylic acids is 1. The van der Waals surface area contributed by atoms with Gasteiger partial charge in [0.1, 0.15) is 6.04 Å². The Kier molecular flexibility index (Phi) is 4.61. The van der Waals surface area contributed by atoms with Crippen LogP contribution in [-0.4, -0.2) is 39.1 Å². The third kappa shape index (κ3) is 2.88. The van der Waals surface area contributed by atoms with Crippen molar-refractivity contribution < 1.29 is 14.7 Å². The Morgan fingerprint density at radius 1 is 1.44 bits per heavy atom. The summed E-state index contributed by atoms with van der Waals surface area (Å²) in [6, 6.07) is -0.706. The number of rotatable bonds is 3. The Bertz CT molecular complexity index is 338. The Morgan fingerprint density at radius 3 is 2.69 bits per heavy atom. The molecule has 4 nitrogen and oxygen atoms in total. The van der Waals surface area contributed by atoms with Crippen molar-refractivity contribution in [3.05, 3.63) is 24.3 Å². The molecule has 1 amide bonds. The zero-order valence-corrected chi connectivity index (χ0v) is 10.1. The highest BCUT2D eigenvalue weighted by molar-refractivity contribution is 8.00. The predicted octanol–water partition coefficient (Wildman–Crippen LogP) is 1.49. The maximum Gasteiger partial charge on any atom is 0.327 e. The van der Waals surface area contributed by atoms with E-state index in [0.29, 0.717) is 5.75 Å². The van der Waals surface area contributed by atoms with Gasteiger partial charge in [-0.05, 0) is 13.8 Å². The van der Waals surface area contributed by atoms with Gasteiger partial charge in [-0.1, -0.05) is 18.2 Å². The topological polar surface area (TPSA) is 57.6 Å². The third-order valence-corrected chi connectivity index (χ3v) is 3.52. The molecule has 0 spiro atoms. The number of carbonyl (C=O) groups is 2. The van der Waals surface area contributed by atoms with Crippen LogP contribution in [0.15, 0.2) is 24.3 Å². The second kappa shape index (κ2) is 5.75. The molecular formula is C11H15NO3S. The first-order valence-electron chi connectivity index (χ1n) is 5.04. The van der Waals surface area contributed by atoms with Crippen molar-refractivity contribution in [3.63, 3.8) is 0 Å². The van der Waals surface area contributed by atoms with E-state index in [4.69, 9.17) is 5.11 Å². The van der Waals surface area contributed by atoms with Gasteiger partial charge in [-0.25, -0.2) is 4.79 Å². The van der Waals surface area contributed by atoms with E-state index in [1.807, 2.05) is 13.8 Å². The molecule has 0 bridgehead atoms. The number of aliphatic carboxylic acids is 1. The number of thioether (sulfide) groups is 1. The number of allylic oxidation sites excluding steroid dienone is 3. The Hall–Kier alpha value is -1.23. The zero-order chi connectivity index (χ0) is 12.1. The third-order valence-electron chi connectivity index (χ3n) is 2.30. The van der Waals surface area contributed by atoms with Crippen LogP contribution in [0.2, 0.25) is 0 Å². The zero-order valence-electron chi connectivity index (χ0n) is 9.29. The van der Waals surface area contributed by atoms with E-state index in [-0.39, 0.29) is 11.3 Å². The van der Waals surface area contributed by atoms with E-state index in [0.717, 1.165) is 0 Å². The van der Waals surface area contributed by atoms with Gasteiger partial charge in [0, 0.05) is 11.8 Å². The van der Waals surface area contributed by atoms with Crippen molar-refractivity contribution in [1.29, 1.82) is 0 Å². The molecule has 88 valence electrons. The maximum absolute atomic E-state index is 11.8. The molecule has 0 radical (unpaired) electrons. The van der Waals surface area contributed by atoms with Gasteiger partial charge in [0.2, 0.25) is 5.91 Å². The van der Waals surface area contributed by atoms with E-state index < -0.39 is 12.0 Å². The smallest absolute Gasteiger partial charge is 0.327 e. The summed E-state index contributed by atoms with van der Waals surface area (Å²) in [7, 11) is 0. The molecule has 1 fully saturated rings. The van der Waals surface area contributed by atoms with Crippen molar-refractivity contribution in [3.8, 4) is 0 Å². The number of hydrogen-bond donors (Lipinski definition) is 1. The summed E-state index contributed by atoms with van der Waals surface area (Å²) in [4.78, 5) is 24.1. The molecule has 0 aromatic rings. The maximum atomic E-state index is 11.8. The lowest BCUT2D eigenvalue weighted by atomic mass is 10.2. The van der Waals surface area contributed by atoms with E-state index >= 15 is 0 Å². The summed E-state index contributed by atoms with van der Waals surface area (Å²) in [6.07, 6.45) is 6.57. The fraction of sp³-hybridized carbons (Fsp3) is 0.455. The number of nitrogens with zero attached hydrogens (tertiary/aromatic N) is 1. The van der Waals surface area contributed by atoms with Crippen molar-refractivity contribution in [2.75, 3.05) is 5.75 Å². The average Bonchev–Trinajstić information content (AvgIpc) is 2.60. The predicted molar refractivity (Wildman–Crippen MR) is 64.1 cm³/mol. The van der Waals surface area contributed by atoms with Crippen molar-refractivity contribution in [2.24, 2.45) is 0 Å². The minimum atomic E-state index is -0.940. The lowest BCUT2D eigenvalue weighted by Crippen LogP contribution is -2.43. The summed E-state index contributed by atoms with van der Waals surface area (Å²) in [5, 5.41) is 8.90. The van der Waals surface area contributed by atoms with Crippen LogP contribution in [0, 0.1) is 0 Å². The number of carboxylic acid groups (broad SMARTS) is 1. The molecule has 1 rings (SSSR count). The molecule has 1 N–H and O–H groups in total. The van der Waals surface area contributed by atoms with Crippen LogP contribution in [-0.2, 0) is 9.59 Å². The molecule has 0 aliphatic carbocycles.